The van der Waals surface area contributed by atoms with Crippen molar-refractivity contribution in [1.82, 2.24) is 25.1 Å². The van der Waals surface area contributed by atoms with Crippen LogP contribution in [0.25, 0.3) is 11.1 Å². The van der Waals surface area contributed by atoms with Gasteiger partial charge in [-0.3, -0.25) is 19.9 Å². The number of carbonyl (C=O) groups excluding carboxylic acids is 2. The number of rotatable bonds is 6. The number of halogens is 1. The van der Waals surface area contributed by atoms with E-state index in [9.17, 15) is 9.59 Å². The molecule has 3 aromatic rings. The maximum atomic E-state index is 13.2. The summed E-state index contributed by atoms with van der Waals surface area (Å²) >= 11 is 7.10. The van der Waals surface area contributed by atoms with Crippen LogP contribution >= 0.6 is 22.9 Å². The lowest BCUT2D eigenvalue weighted by atomic mass is 10.0. The number of anilines is 1. The number of hydrogen-bond acceptors (Lipinski definition) is 9. The molecule has 1 saturated heterocycles. The second kappa shape index (κ2) is 10.4. The molecule has 0 aromatic carbocycles. The van der Waals surface area contributed by atoms with Gasteiger partial charge in [0.2, 0.25) is 10.1 Å². The molecule has 34 heavy (non-hydrogen) atoms. The lowest BCUT2D eigenvalue weighted by Gasteiger charge is -2.30. The topological polar surface area (TPSA) is 119 Å². The van der Waals surface area contributed by atoms with Gasteiger partial charge in [0.1, 0.15) is 10.9 Å². The van der Waals surface area contributed by atoms with Crippen LogP contribution < -0.4 is 10.1 Å². The maximum absolute atomic E-state index is 13.2. The Bertz CT molecular complexity index is 1210. The van der Waals surface area contributed by atoms with Crippen LogP contribution in [0.5, 0.6) is 5.75 Å². The Labute approximate surface area is 205 Å². The molecule has 4 rings (SSSR count). The number of hydrogen-bond donors (Lipinski definition) is 1. The van der Waals surface area contributed by atoms with Crippen molar-refractivity contribution in [3.8, 4) is 16.9 Å². The molecule has 4 heterocycles. The summed E-state index contributed by atoms with van der Waals surface area (Å²) in [5.74, 6) is -0.258. The van der Waals surface area contributed by atoms with E-state index in [1.165, 1.54) is 19.5 Å². The number of nitrogens with one attached hydrogen (secondary N) is 1. The maximum Gasteiger partial charge on any atom is 0.284 e. The van der Waals surface area contributed by atoms with Gasteiger partial charge in [0.05, 0.1) is 31.5 Å². The summed E-state index contributed by atoms with van der Waals surface area (Å²) in [6.07, 6.45) is 4.74. The normalized spacial score (nSPS) is 15.6. The Morgan fingerprint density at radius 2 is 2.06 bits per heavy atom. The van der Waals surface area contributed by atoms with E-state index in [4.69, 9.17) is 21.1 Å². The van der Waals surface area contributed by atoms with E-state index >= 15 is 0 Å². The van der Waals surface area contributed by atoms with Gasteiger partial charge in [-0.15, -0.1) is 10.2 Å². The lowest BCUT2D eigenvalue weighted by molar-refractivity contribution is 0.0244. The van der Waals surface area contributed by atoms with Crippen molar-refractivity contribution in [2.75, 3.05) is 32.7 Å². The van der Waals surface area contributed by atoms with Crippen LogP contribution in [-0.4, -0.2) is 70.3 Å². The molecule has 12 heteroatoms. The van der Waals surface area contributed by atoms with Crippen molar-refractivity contribution >= 4 is 39.9 Å². The Hall–Kier alpha value is -3.15. The van der Waals surface area contributed by atoms with Gasteiger partial charge in [0.25, 0.3) is 11.8 Å². The third-order valence-corrected chi connectivity index (χ3v) is 6.50. The van der Waals surface area contributed by atoms with E-state index in [0.29, 0.717) is 35.8 Å². The largest absolute Gasteiger partial charge is 0.494 e. The molecule has 1 N–H and O–H groups in total. The molecular weight excluding hydrogens is 480 g/mol. The van der Waals surface area contributed by atoms with Crippen LogP contribution in [0.4, 0.5) is 5.13 Å². The molecule has 10 nitrogen and oxygen atoms in total. The predicted molar refractivity (Wildman–Crippen MR) is 128 cm³/mol. The first kappa shape index (κ1) is 24.0. The van der Waals surface area contributed by atoms with Crippen LogP contribution in [0.1, 0.15) is 38.7 Å². The molecule has 0 unspecified atom stereocenters. The average Bonchev–Trinajstić information content (AvgIpc) is 3.31. The summed E-state index contributed by atoms with van der Waals surface area (Å²) in [5, 5.41) is 11.3. The zero-order chi connectivity index (χ0) is 24.2. The van der Waals surface area contributed by atoms with Gasteiger partial charge in [0.15, 0.2) is 0 Å². The first-order valence-electron chi connectivity index (χ1n) is 10.5. The molecule has 1 fully saturated rings. The number of nitrogens with zero attached hydrogens (tertiary/aromatic N) is 5. The summed E-state index contributed by atoms with van der Waals surface area (Å²) in [6.45, 7) is 3.02. The molecule has 0 radical (unpaired) electrons. The van der Waals surface area contributed by atoms with Crippen LogP contribution in [-0.2, 0) is 4.74 Å². The first-order valence-corrected chi connectivity index (χ1v) is 11.7. The van der Waals surface area contributed by atoms with Gasteiger partial charge in [-0.05, 0) is 31.9 Å². The van der Waals surface area contributed by atoms with E-state index in [-0.39, 0.29) is 32.8 Å². The van der Waals surface area contributed by atoms with Crippen molar-refractivity contribution in [3.05, 3.63) is 45.9 Å². The number of ether oxygens (including phenoxy) is 2. The number of likely N-dealkylation sites (N-methyl/N-ethyl adjacent to an activating group) is 1. The van der Waals surface area contributed by atoms with Crippen LogP contribution in [0.3, 0.4) is 0 Å². The summed E-state index contributed by atoms with van der Waals surface area (Å²) in [5.41, 5.74) is 2.16. The molecule has 1 atom stereocenters. The fourth-order valence-electron chi connectivity index (χ4n) is 3.62. The number of methoxy groups -OCH3 is 1. The van der Waals surface area contributed by atoms with Crippen molar-refractivity contribution in [1.29, 1.82) is 0 Å². The number of amides is 2. The quantitative estimate of drug-likeness (QED) is 0.509. The van der Waals surface area contributed by atoms with Gasteiger partial charge < -0.3 is 14.4 Å². The van der Waals surface area contributed by atoms with Crippen LogP contribution in [0.15, 0.2) is 24.5 Å². The predicted octanol–water partition coefficient (Wildman–Crippen LogP) is 3.47. The monoisotopic (exact) mass is 502 g/mol. The third kappa shape index (κ3) is 5.16. The van der Waals surface area contributed by atoms with Gasteiger partial charge in [-0.25, -0.2) is 4.98 Å². The number of carbonyl (C=O) groups is 2. The minimum absolute atomic E-state index is 0.00783. The molecule has 0 saturated carbocycles. The Balaban J connectivity index is 1.56. The highest BCUT2D eigenvalue weighted by Crippen LogP contribution is 2.34. The van der Waals surface area contributed by atoms with Crippen LogP contribution in [0, 0.1) is 6.92 Å². The molecule has 0 spiro atoms. The summed E-state index contributed by atoms with van der Waals surface area (Å²) < 4.78 is 10.9. The number of aromatic nitrogens is 4. The molecule has 0 aliphatic carbocycles. The van der Waals surface area contributed by atoms with Crippen molar-refractivity contribution in [2.24, 2.45) is 0 Å². The molecule has 0 bridgehead atoms. The average molecular weight is 503 g/mol. The highest BCUT2D eigenvalue weighted by molar-refractivity contribution is 7.17. The van der Waals surface area contributed by atoms with Crippen molar-refractivity contribution in [3.63, 3.8) is 0 Å². The molecule has 1 aliphatic rings. The smallest absolute Gasteiger partial charge is 0.284 e. The van der Waals surface area contributed by atoms with Crippen molar-refractivity contribution in [2.45, 2.75) is 25.8 Å². The van der Waals surface area contributed by atoms with E-state index in [2.05, 4.69) is 25.5 Å². The van der Waals surface area contributed by atoms with Crippen molar-refractivity contribution < 1.29 is 19.1 Å². The van der Waals surface area contributed by atoms with E-state index in [0.717, 1.165) is 24.2 Å². The molecular formula is C22H23ClN6O4S. The van der Waals surface area contributed by atoms with E-state index < -0.39 is 5.91 Å². The zero-order valence-corrected chi connectivity index (χ0v) is 20.4. The van der Waals surface area contributed by atoms with Gasteiger partial charge >= 0.3 is 0 Å². The molecule has 3 aromatic heterocycles. The van der Waals surface area contributed by atoms with E-state index in [1.807, 2.05) is 6.92 Å². The molecule has 2 amide bonds. The SMILES string of the molecule is COc1cnc(Cl)cc1-c1cc(C)ncc1C(=O)Nc1nnc(C(=O)N(C)[C@H]2CCCOC2)s1. The fourth-order valence-corrected chi connectivity index (χ4v) is 4.50. The number of aryl methyl sites for hydroxylation is 1. The lowest BCUT2D eigenvalue weighted by Crippen LogP contribution is -2.42. The van der Waals surface area contributed by atoms with Crippen LogP contribution in [0.2, 0.25) is 5.15 Å². The molecule has 178 valence electrons. The fraction of sp³-hybridized carbons (Fsp3) is 0.364. The Morgan fingerprint density at radius 3 is 2.79 bits per heavy atom. The second-order valence-electron chi connectivity index (χ2n) is 7.73. The Kier molecular flexibility index (Phi) is 7.35. The minimum atomic E-state index is -0.457. The number of pyridine rings is 2. The third-order valence-electron chi connectivity index (χ3n) is 5.46. The summed E-state index contributed by atoms with van der Waals surface area (Å²) in [6, 6.07) is 3.38. The molecule has 1 aliphatic heterocycles. The standard InChI is InChI=1S/C22H23ClN6O4S/c1-12-7-14(15-8-18(23)25-10-17(15)32-3)16(9-24-12)19(30)26-22-28-27-20(34-22)21(31)29(2)13-5-4-6-33-11-13/h7-10,13H,4-6,11H2,1-3H3,(H,26,28,30)/t13-/m0/s1. The summed E-state index contributed by atoms with van der Waals surface area (Å²) in [4.78, 5) is 35.9. The highest BCUT2D eigenvalue weighted by Gasteiger charge is 2.26. The highest BCUT2D eigenvalue weighted by atomic mass is 35.5. The minimum Gasteiger partial charge on any atom is -0.494 e. The Morgan fingerprint density at radius 1 is 1.24 bits per heavy atom. The zero-order valence-electron chi connectivity index (χ0n) is 18.9. The van der Waals surface area contributed by atoms with E-state index in [1.54, 1.807) is 24.1 Å². The van der Waals surface area contributed by atoms with Gasteiger partial charge in [0, 0.05) is 36.7 Å². The summed E-state index contributed by atoms with van der Waals surface area (Å²) in [7, 11) is 3.23. The van der Waals surface area contributed by atoms with Gasteiger partial charge in [-0.2, -0.15) is 0 Å². The van der Waals surface area contributed by atoms with Gasteiger partial charge in [-0.1, -0.05) is 22.9 Å². The second-order valence-corrected chi connectivity index (χ2v) is 9.10. The first-order chi connectivity index (χ1) is 16.4.